The van der Waals surface area contributed by atoms with Gasteiger partial charge in [0, 0.05) is 0 Å². The summed E-state index contributed by atoms with van der Waals surface area (Å²) in [7, 11) is 0. The van der Waals surface area contributed by atoms with E-state index in [1.54, 1.807) is 0 Å². The van der Waals surface area contributed by atoms with E-state index in [1.165, 1.54) is 113 Å². The van der Waals surface area contributed by atoms with E-state index in [2.05, 4.69) is 283 Å². The van der Waals surface area contributed by atoms with E-state index < -0.39 is 0 Å². The molecule has 68 heavy (non-hydrogen) atoms. The Bertz CT molecular complexity index is 2170. The molecule has 2 aromatic heterocycles. The number of benzene rings is 4. The summed E-state index contributed by atoms with van der Waals surface area (Å²) in [4.78, 5) is 0. The molecule has 4 aromatic carbocycles. The van der Waals surface area contributed by atoms with E-state index in [9.17, 15) is 0 Å². The summed E-state index contributed by atoms with van der Waals surface area (Å²) >= 11 is 10.4. The van der Waals surface area contributed by atoms with E-state index in [-0.39, 0.29) is 0 Å². The molecule has 4 nitrogen and oxygen atoms in total. The minimum Gasteiger partial charge on any atom is -0.0499 e. The second-order valence-corrected chi connectivity index (χ2v) is 23.0. The molecular weight excluding hydrogens is 1050 g/mol. The molecule has 0 atom stereocenters. The van der Waals surface area contributed by atoms with Crippen molar-refractivity contribution < 1.29 is 24.5 Å². The molecule has 0 aliphatic heterocycles. The molecule has 0 saturated carbocycles. The van der Waals surface area contributed by atoms with Crippen LogP contribution in [0.3, 0.4) is 0 Å². The molecule has 2 heterocycles. The smallest absolute Gasteiger partial charge is 0.0386 e. The van der Waals surface area contributed by atoms with Gasteiger partial charge in [0.25, 0.3) is 0 Å². The standard InChI is InChI=1S/2C27H36N2.2C3H5.2BrH.2Ni/c2*1-18(2)22-11-9-12-23(19(3)4)26(22)28-15-16-29(17-28)27-24(20(5)6)13-10-14-25(27)21(7)8;2*1-3-2;;;;/h2*9-16,18-21H,1-8H3;2*3H,1-2H2;2*1H;;/q;;;;;;2*+1/p-2. The number of aromatic nitrogens is 4. The number of para-hydroxylation sites is 4. The third kappa shape index (κ3) is 14.2. The van der Waals surface area contributed by atoms with Crippen molar-refractivity contribution in [2.45, 2.75) is 158 Å². The number of rotatable bonds is 12. The molecular formula is C60H82Br2N4Ni2. The van der Waals surface area contributed by atoms with E-state index in [0.29, 0.717) is 47.3 Å². The van der Waals surface area contributed by atoms with Crippen LogP contribution in [-0.4, -0.2) is 18.3 Å². The number of nitrogens with zero attached hydrogens (tertiary/aromatic N) is 4. The first-order chi connectivity index (χ1) is 32.2. The average molecular weight is 1140 g/mol. The van der Waals surface area contributed by atoms with Gasteiger partial charge in [-0.05, 0) is 40.5 Å². The van der Waals surface area contributed by atoms with E-state index in [4.69, 9.17) is 0 Å². The predicted molar refractivity (Wildman–Crippen MR) is 297 cm³/mol. The van der Waals surface area contributed by atoms with Crippen molar-refractivity contribution in [1.82, 2.24) is 18.3 Å². The van der Waals surface area contributed by atoms with Crippen molar-refractivity contribution in [3.8, 4) is 22.7 Å². The normalized spacial score (nSPS) is 11.6. The Hall–Kier alpha value is -2.75. The third-order valence-electron chi connectivity index (χ3n) is 11.9. The Labute approximate surface area is 440 Å². The minimum absolute atomic E-state index is 0.453. The van der Waals surface area contributed by atoms with Crippen LogP contribution in [0.4, 0.5) is 0 Å². The molecule has 6 rings (SSSR count). The van der Waals surface area contributed by atoms with Crippen molar-refractivity contribution in [2.75, 3.05) is 0 Å². The van der Waals surface area contributed by atoms with Crippen molar-refractivity contribution in [2.24, 2.45) is 0 Å². The Morgan fingerprint density at radius 1 is 0.324 bits per heavy atom. The Balaban J connectivity index is 0.000000323. The largest absolute Gasteiger partial charge is 0.0499 e. The first-order valence-corrected chi connectivity index (χ1v) is 30.1. The Kier molecular flexibility index (Phi) is 24.8. The van der Waals surface area contributed by atoms with Crippen LogP contribution in [0.25, 0.3) is 22.7 Å². The first-order valence-electron chi connectivity index (χ1n) is 24.2. The summed E-state index contributed by atoms with van der Waals surface area (Å²) in [6, 6.07) is 27.1. The predicted octanol–water partition coefficient (Wildman–Crippen LogP) is 19.1. The van der Waals surface area contributed by atoms with E-state index in [0.717, 1.165) is 0 Å². The summed E-state index contributed by atoms with van der Waals surface area (Å²) in [5.74, 6) is 3.63. The molecule has 8 heteroatoms. The van der Waals surface area contributed by atoms with Gasteiger partial charge in [-0.2, -0.15) is 0 Å². The van der Waals surface area contributed by atoms with Crippen LogP contribution in [0.1, 0.15) is 203 Å². The molecule has 0 fully saturated rings. The van der Waals surface area contributed by atoms with E-state index >= 15 is 0 Å². The topological polar surface area (TPSA) is 19.7 Å². The maximum absolute atomic E-state index is 3.78. The van der Waals surface area contributed by atoms with E-state index in [1.807, 2.05) is 0 Å². The van der Waals surface area contributed by atoms with Gasteiger partial charge in [0.15, 0.2) is 0 Å². The summed E-state index contributed by atoms with van der Waals surface area (Å²) in [6.07, 6.45) is 12.0. The van der Waals surface area contributed by atoms with Crippen LogP contribution in [0.2, 0.25) is 0 Å². The minimum atomic E-state index is 0.453. The van der Waals surface area contributed by atoms with Crippen LogP contribution in [-0.2, 0) is 24.5 Å². The molecule has 6 aromatic rings. The van der Waals surface area contributed by atoms with Crippen molar-refractivity contribution in [1.29, 1.82) is 0 Å². The zero-order valence-electron chi connectivity index (χ0n) is 44.0. The molecule has 0 N–H and O–H groups in total. The zero-order chi connectivity index (χ0) is 51.2. The van der Waals surface area contributed by atoms with Gasteiger partial charge in [0.2, 0.25) is 0 Å². The van der Waals surface area contributed by atoms with Crippen LogP contribution in [0.5, 0.6) is 0 Å². The fraction of sp³-hybridized carbons (Fsp3) is 0.400. The summed E-state index contributed by atoms with van der Waals surface area (Å²) in [6.45, 7) is 49.6. The van der Waals surface area contributed by atoms with Crippen molar-refractivity contribution in [3.05, 3.63) is 191 Å². The molecule has 0 bridgehead atoms. The van der Waals surface area contributed by atoms with Gasteiger partial charge in [-0.25, -0.2) is 0 Å². The van der Waals surface area contributed by atoms with Gasteiger partial charge in [-0.3, -0.25) is 0 Å². The average Bonchev–Trinajstić information content (AvgIpc) is 3.92. The van der Waals surface area contributed by atoms with Crippen LogP contribution >= 0.6 is 28.5 Å². The van der Waals surface area contributed by atoms with Crippen LogP contribution < -0.4 is 0 Å². The van der Waals surface area contributed by atoms with Gasteiger partial charge < -0.3 is 0 Å². The molecule has 376 valence electrons. The Morgan fingerprint density at radius 2 is 0.456 bits per heavy atom. The maximum Gasteiger partial charge on any atom is -0.0386 e. The second kappa shape index (κ2) is 28.3. The van der Waals surface area contributed by atoms with Crippen molar-refractivity contribution >= 4 is 28.5 Å². The third-order valence-corrected chi connectivity index (χ3v) is 15.0. The van der Waals surface area contributed by atoms with Crippen LogP contribution in [0.15, 0.2) is 97.6 Å². The summed E-state index contributed by atoms with van der Waals surface area (Å²) in [5.41, 5.74) is 16.4. The van der Waals surface area contributed by atoms with Crippen LogP contribution in [0, 0.1) is 49.3 Å². The van der Waals surface area contributed by atoms with Gasteiger partial charge in [-0.1, -0.05) is 0 Å². The molecule has 0 aliphatic carbocycles. The fourth-order valence-corrected chi connectivity index (χ4v) is 11.7. The monoisotopic (exact) mass is 1130 g/mol. The molecule has 0 unspecified atom stereocenters. The SMILES string of the molecule is CC(C)c1cccc(C(C)C)c1-n1ccn(-c2c(C(C)C)cccc2C(C)C)[c]1=[Ni][Br].CC(C)c1cccc(C(C)C)c1-n1ccn(-c2c(C(C)C)cccc2C(C)C)[c]1=[Ni][Br].[CH2][CH][CH2].[CH2][CH][CH2]. The zero-order valence-corrected chi connectivity index (χ0v) is 49.2. The fourth-order valence-electron chi connectivity index (χ4n) is 8.64. The molecule has 0 amide bonds. The summed E-state index contributed by atoms with van der Waals surface area (Å²) < 4.78 is 11.9. The van der Waals surface area contributed by atoms with Gasteiger partial charge in [-0.15, -0.1) is 0 Å². The number of hydrogen-bond donors (Lipinski definition) is 0. The van der Waals surface area contributed by atoms with Gasteiger partial charge >= 0.3 is 403 Å². The number of hydrogen-bond acceptors (Lipinski definition) is 0. The molecule has 6 radical (unpaired) electrons. The number of halogens is 2. The maximum atomic E-state index is 3.78. The number of imidazole rings is 2. The van der Waals surface area contributed by atoms with Crippen molar-refractivity contribution in [3.63, 3.8) is 0 Å². The molecule has 0 aliphatic rings. The molecule has 0 spiro atoms. The van der Waals surface area contributed by atoms with Gasteiger partial charge in [0.1, 0.15) is 0 Å². The first kappa shape index (κ1) is 59.6. The Morgan fingerprint density at radius 3 is 0.559 bits per heavy atom. The quantitative estimate of drug-likeness (QED) is 0.109. The second-order valence-electron chi connectivity index (χ2n) is 19.6. The van der Waals surface area contributed by atoms with Gasteiger partial charge in [0.05, 0.1) is 0 Å². The summed E-state index contributed by atoms with van der Waals surface area (Å²) in [5, 5.41) is 0. The molecule has 0 saturated heterocycles.